The van der Waals surface area contributed by atoms with Gasteiger partial charge in [0, 0.05) is 19.1 Å². The van der Waals surface area contributed by atoms with Crippen molar-refractivity contribution in [2.75, 3.05) is 19.7 Å². The lowest BCUT2D eigenvalue weighted by Crippen LogP contribution is -2.50. The summed E-state index contributed by atoms with van der Waals surface area (Å²) >= 11 is 0. The molecule has 2 aliphatic heterocycles. The molecule has 1 aromatic carbocycles. The molecule has 30 heavy (non-hydrogen) atoms. The standard InChI is InChI=1S/C20H23N5O5/c1-22-18(25(28)29)17(12-21-22)19(26)23-9-7-15(8-10-23)24-16(13-30-20(24)27)11-14-5-3-2-4-6-14/h2-6,12,15-16H,7-11,13H2,1H3. The Morgan fingerprint density at radius 2 is 1.97 bits per heavy atom. The number of benzene rings is 1. The van der Waals surface area contributed by atoms with E-state index in [-0.39, 0.29) is 29.6 Å². The first-order valence-electron chi connectivity index (χ1n) is 9.90. The van der Waals surface area contributed by atoms with Gasteiger partial charge in [0.25, 0.3) is 5.91 Å². The predicted octanol–water partition coefficient (Wildman–Crippen LogP) is 2.00. The number of piperidine rings is 1. The monoisotopic (exact) mass is 413 g/mol. The third kappa shape index (κ3) is 3.72. The van der Waals surface area contributed by atoms with Crippen molar-refractivity contribution in [3.63, 3.8) is 0 Å². The van der Waals surface area contributed by atoms with Crippen LogP contribution in [-0.2, 0) is 18.2 Å². The molecule has 0 radical (unpaired) electrons. The summed E-state index contributed by atoms with van der Waals surface area (Å²) in [6, 6.07) is 9.90. The molecule has 0 bridgehead atoms. The molecule has 1 unspecified atom stereocenters. The van der Waals surface area contributed by atoms with Gasteiger partial charge in [0.2, 0.25) is 0 Å². The molecular formula is C20H23N5O5. The van der Waals surface area contributed by atoms with Crippen LogP contribution in [0.4, 0.5) is 10.6 Å². The third-order valence-electron chi connectivity index (χ3n) is 5.77. The molecule has 0 aliphatic carbocycles. The number of nitro groups is 1. The first-order valence-corrected chi connectivity index (χ1v) is 9.90. The van der Waals surface area contributed by atoms with Crippen LogP contribution in [0.1, 0.15) is 28.8 Å². The molecular weight excluding hydrogens is 390 g/mol. The molecule has 3 heterocycles. The van der Waals surface area contributed by atoms with Crippen molar-refractivity contribution in [3.05, 3.63) is 57.8 Å². The summed E-state index contributed by atoms with van der Waals surface area (Å²) in [4.78, 5) is 39.2. The number of carbonyl (C=O) groups is 2. The van der Waals surface area contributed by atoms with Crippen molar-refractivity contribution in [1.82, 2.24) is 19.6 Å². The summed E-state index contributed by atoms with van der Waals surface area (Å²) < 4.78 is 6.40. The highest BCUT2D eigenvalue weighted by Crippen LogP contribution is 2.27. The van der Waals surface area contributed by atoms with Gasteiger partial charge in [-0.1, -0.05) is 35.4 Å². The van der Waals surface area contributed by atoms with Gasteiger partial charge in [0.05, 0.1) is 12.2 Å². The van der Waals surface area contributed by atoms with Crippen molar-refractivity contribution < 1.29 is 19.2 Å². The zero-order valence-electron chi connectivity index (χ0n) is 16.6. The number of amides is 2. The van der Waals surface area contributed by atoms with Crippen LogP contribution < -0.4 is 0 Å². The normalized spacial score (nSPS) is 19.8. The Hall–Kier alpha value is -3.43. The minimum atomic E-state index is -0.596. The maximum Gasteiger partial charge on any atom is 0.410 e. The Labute approximate surface area is 173 Å². The number of hydrogen-bond donors (Lipinski definition) is 0. The lowest BCUT2D eigenvalue weighted by Gasteiger charge is -2.37. The van der Waals surface area contributed by atoms with Crippen LogP contribution >= 0.6 is 0 Å². The Kier molecular flexibility index (Phi) is 5.39. The van der Waals surface area contributed by atoms with Crippen LogP contribution in [-0.4, -0.2) is 68.3 Å². The third-order valence-corrected chi connectivity index (χ3v) is 5.77. The van der Waals surface area contributed by atoms with E-state index in [2.05, 4.69) is 5.10 Å². The molecule has 2 amide bonds. The van der Waals surface area contributed by atoms with E-state index >= 15 is 0 Å². The number of nitrogens with zero attached hydrogens (tertiary/aromatic N) is 5. The number of rotatable bonds is 5. The zero-order valence-corrected chi connectivity index (χ0v) is 16.6. The SMILES string of the molecule is Cn1ncc(C(=O)N2CCC(N3C(=O)OCC3Cc3ccccc3)CC2)c1[N+](=O)[O-]. The molecule has 158 valence electrons. The summed E-state index contributed by atoms with van der Waals surface area (Å²) in [5.41, 5.74) is 1.13. The Balaban J connectivity index is 1.42. The average Bonchev–Trinajstić information content (AvgIpc) is 3.31. The van der Waals surface area contributed by atoms with E-state index in [4.69, 9.17) is 4.74 Å². The predicted molar refractivity (Wildman–Crippen MR) is 106 cm³/mol. The van der Waals surface area contributed by atoms with Gasteiger partial charge in [-0.3, -0.25) is 9.69 Å². The first kappa shape index (κ1) is 19.9. The zero-order chi connectivity index (χ0) is 21.3. The molecule has 0 saturated carbocycles. The van der Waals surface area contributed by atoms with Gasteiger partial charge < -0.3 is 19.8 Å². The van der Waals surface area contributed by atoms with Crippen LogP contribution in [0.2, 0.25) is 0 Å². The average molecular weight is 413 g/mol. The van der Waals surface area contributed by atoms with E-state index in [9.17, 15) is 19.7 Å². The number of cyclic esters (lactones) is 1. The second kappa shape index (κ2) is 8.13. The molecule has 1 aromatic heterocycles. The number of likely N-dealkylation sites (tertiary alicyclic amines) is 1. The van der Waals surface area contributed by atoms with E-state index < -0.39 is 10.8 Å². The molecule has 4 rings (SSSR count). The lowest BCUT2D eigenvalue weighted by molar-refractivity contribution is -0.392. The van der Waals surface area contributed by atoms with Gasteiger partial charge in [-0.05, 0) is 29.7 Å². The quantitative estimate of drug-likeness (QED) is 0.548. The highest BCUT2D eigenvalue weighted by atomic mass is 16.6. The number of aryl methyl sites for hydroxylation is 1. The van der Waals surface area contributed by atoms with E-state index in [1.807, 2.05) is 30.3 Å². The second-order valence-electron chi connectivity index (χ2n) is 7.61. The highest BCUT2D eigenvalue weighted by molar-refractivity contribution is 5.97. The van der Waals surface area contributed by atoms with Gasteiger partial charge in [0.1, 0.15) is 13.7 Å². The minimum Gasteiger partial charge on any atom is -0.447 e. The van der Waals surface area contributed by atoms with Crippen molar-refractivity contribution in [1.29, 1.82) is 0 Å². The first-order chi connectivity index (χ1) is 14.5. The summed E-state index contributed by atoms with van der Waals surface area (Å²) in [5.74, 6) is -0.716. The van der Waals surface area contributed by atoms with Gasteiger partial charge >= 0.3 is 11.9 Å². The largest absolute Gasteiger partial charge is 0.447 e. The minimum absolute atomic E-state index is 0.0107. The number of ether oxygens (including phenoxy) is 1. The summed E-state index contributed by atoms with van der Waals surface area (Å²) in [7, 11) is 1.44. The van der Waals surface area contributed by atoms with Crippen LogP contribution in [0.25, 0.3) is 0 Å². The summed E-state index contributed by atoms with van der Waals surface area (Å²) in [6.45, 7) is 1.18. The van der Waals surface area contributed by atoms with E-state index in [0.29, 0.717) is 39.0 Å². The Bertz CT molecular complexity index is 952. The fourth-order valence-electron chi connectivity index (χ4n) is 4.28. The lowest BCUT2D eigenvalue weighted by atomic mass is 9.99. The summed E-state index contributed by atoms with van der Waals surface area (Å²) in [6.07, 6.45) is 2.83. The smallest absolute Gasteiger partial charge is 0.410 e. The molecule has 0 spiro atoms. The van der Waals surface area contributed by atoms with Gasteiger partial charge in [-0.15, -0.1) is 4.68 Å². The molecule has 2 fully saturated rings. The second-order valence-corrected chi connectivity index (χ2v) is 7.61. The maximum atomic E-state index is 12.8. The molecule has 2 saturated heterocycles. The van der Waals surface area contributed by atoms with Crippen molar-refractivity contribution in [3.8, 4) is 0 Å². The van der Waals surface area contributed by atoms with Crippen LogP contribution in [0.15, 0.2) is 36.5 Å². The number of hydrogen-bond acceptors (Lipinski definition) is 6. The Morgan fingerprint density at radius 3 is 2.63 bits per heavy atom. The molecule has 10 nitrogen and oxygen atoms in total. The number of carbonyl (C=O) groups excluding carboxylic acids is 2. The molecule has 2 aliphatic rings. The topological polar surface area (TPSA) is 111 Å². The van der Waals surface area contributed by atoms with E-state index in [1.54, 1.807) is 9.80 Å². The highest BCUT2D eigenvalue weighted by Gasteiger charge is 2.40. The molecule has 10 heteroatoms. The number of aromatic nitrogens is 2. The maximum absolute atomic E-state index is 12.8. The molecule has 2 aromatic rings. The summed E-state index contributed by atoms with van der Waals surface area (Å²) in [5, 5.41) is 15.1. The molecule has 0 N–H and O–H groups in total. The van der Waals surface area contributed by atoms with Crippen molar-refractivity contribution in [2.45, 2.75) is 31.3 Å². The van der Waals surface area contributed by atoms with Gasteiger partial charge in [-0.25, -0.2) is 4.79 Å². The van der Waals surface area contributed by atoms with Crippen LogP contribution in [0.5, 0.6) is 0 Å². The molecule has 1 atom stereocenters. The van der Waals surface area contributed by atoms with E-state index in [0.717, 1.165) is 10.2 Å². The van der Waals surface area contributed by atoms with E-state index in [1.165, 1.54) is 13.2 Å². The van der Waals surface area contributed by atoms with Crippen LogP contribution in [0, 0.1) is 10.1 Å². The van der Waals surface area contributed by atoms with Gasteiger partial charge in [-0.2, -0.15) is 0 Å². The fourth-order valence-corrected chi connectivity index (χ4v) is 4.28. The van der Waals surface area contributed by atoms with Crippen molar-refractivity contribution >= 4 is 17.8 Å². The van der Waals surface area contributed by atoms with Gasteiger partial charge in [0.15, 0.2) is 5.56 Å². The fraction of sp³-hybridized carbons (Fsp3) is 0.450. The Morgan fingerprint density at radius 1 is 1.27 bits per heavy atom. The van der Waals surface area contributed by atoms with Crippen molar-refractivity contribution in [2.24, 2.45) is 7.05 Å². The van der Waals surface area contributed by atoms with Crippen LogP contribution in [0.3, 0.4) is 0 Å².